The van der Waals surface area contributed by atoms with Gasteiger partial charge in [0.1, 0.15) is 24.6 Å². The lowest BCUT2D eigenvalue weighted by Gasteiger charge is -2.25. The molecule has 2 heterocycles. The average molecular weight is 545 g/mol. The molecule has 10 nitrogen and oxygen atoms in total. The molecule has 0 aromatic carbocycles. The van der Waals surface area contributed by atoms with Crippen LogP contribution in [0.4, 0.5) is 14.6 Å². The van der Waals surface area contributed by atoms with E-state index in [4.69, 9.17) is 19.9 Å². The van der Waals surface area contributed by atoms with Crippen LogP contribution < -0.4 is 16.7 Å². The summed E-state index contributed by atoms with van der Waals surface area (Å²) in [7, 11) is 0. The fourth-order valence-corrected chi connectivity index (χ4v) is 4.15. The van der Waals surface area contributed by atoms with Gasteiger partial charge >= 0.3 is 23.6 Å². The van der Waals surface area contributed by atoms with Crippen molar-refractivity contribution in [2.24, 2.45) is 23.5 Å². The Morgan fingerprint density at radius 1 is 1.18 bits per heavy atom. The van der Waals surface area contributed by atoms with Gasteiger partial charge < -0.3 is 25.3 Å². The Balaban J connectivity index is 2.26. The fraction of sp³-hybridized carbons (Fsp3) is 0.769. The molecule has 0 aliphatic carbocycles. The lowest BCUT2D eigenvalue weighted by molar-refractivity contribution is -0.180. The Morgan fingerprint density at radius 3 is 2.34 bits per heavy atom. The highest BCUT2D eigenvalue weighted by Crippen LogP contribution is 2.44. The van der Waals surface area contributed by atoms with Crippen molar-refractivity contribution in [3.63, 3.8) is 0 Å². The first-order chi connectivity index (χ1) is 17.8. The van der Waals surface area contributed by atoms with Crippen LogP contribution in [0.25, 0.3) is 0 Å². The molecule has 1 aliphatic rings. The van der Waals surface area contributed by atoms with Crippen LogP contribution in [0.15, 0.2) is 17.1 Å². The topological polar surface area (TPSA) is 135 Å². The molecule has 0 bridgehead atoms. The maximum atomic E-state index is 15.6. The summed E-state index contributed by atoms with van der Waals surface area (Å²) in [4.78, 5) is 41.1. The van der Waals surface area contributed by atoms with Crippen LogP contribution in [-0.4, -0.2) is 58.8 Å². The van der Waals surface area contributed by atoms with Crippen molar-refractivity contribution in [2.75, 3.05) is 18.5 Å². The minimum Gasteiger partial charge on any atom is -0.462 e. The van der Waals surface area contributed by atoms with Gasteiger partial charge in [-0.25, -0.2) is 4.79 Å². The zero-order chi connectivity index (χ0) is 28.6. The van der Waals surface area contributed by atoms with Gasteiger partial charge in [-0.2, -0.15) is 13.8 Å². The van der Waals surface area contributed by atoms with Crippen LogP contribution in [0.2, 0.25) is 0 Å². The van der Waals surface area contributed by atoms with Crippen molar-refractivity contribution in [3.8, 4) is 0 Å². The van der Waals surface area contributed by atoms with Crippen molar-refractivity contribution in [3.05, 3.63) is 22.7 Å². The number of carbonyl (C=O) groups is 2. The minimum atomic E-state index is -3.82. The highest BCUT2D eigenvalue weighted by molar-refractivity contribution is 5.75. The van der Waals surface area contributed by atoms with E-state index in [0.29, 0.717) is 17.0 Å². The van der Waals surface area contributed by atoms with Gasteiger partial charge in [0.15, 0.2) is 6.10 Å². The molecular weight excluding hydrogens is 502 g/mol. The van der Waals surface area contributed by atoms with Crippen LogP contribution in [0.5, 0.6) is 0 Å². The molecule has 1 saturated heterocycles. The van der Waals surface area contributed by atoms with Gasteiger partial charge in [0.2, 0.25) is 6.23 Å². The highest BCUT2D eigenvalue weighted by Gasteiger charge is 2.63. The zero-order valence-electron chi connectivity index (χ0n) is 23.1. The summed E-state index contributed by atoms with van der Waals surface area (Å²) in [5, 5.41) is 3.11. The number of aromatic nitrogens is 2. The molecule has 12 heteroatoms. The predicted molar refractivity (Wildman–Crippen MR) is 138 cm³/mol. The number of hydrogen-bond acceptors (Lipinski definition) is 9. The quantitative estimate of drug-likeness (QED) is 0.337. The number of alkyl halides is 2. The van der Waals surface area contributed by atoms with Gasteiger partial charge in [0.25, 0.3) is 0 Å². The van der Waals surface area contributed by atoms with E-state index in [0.717, 1.165) is 31.9 Å². The first-order valence-corrected chi connectivity index (χ1v) is 13.3. The van der Waals surface area contributed by atoms with Crippen molar-refractivity contribution >= 4 is 17.8 Å². The van der Waals surface area contributed by atoms with E-state index in [-0.39, 0.29) is 11.7 Å². The highest BCUT2D eigenvalue weighted by atomic mass is 19.3. The first-order valence-electron chi connectivity index (χ1n) is 13.3. The van der Waals surface area contributed by atoms with Crippen LogP contribution in [-0.2, 0) is 23.8 Å². The molecule has 38 heavy (non-hydrogen) atoms. The molecule has 0 spiro atoms. The summed E-state index contributed by atoms with van der Waals surface area (Å²) in [6.45, 7) is 10.6. The Kier molecular flexibility index (Phi) is 11.6. The van der Waals surface area contributed by atoms with Crippen molar-refractivity contribution in [2.45, 2.75) is 97.6 Å². The number of nitrogens with zero attached hydrogens (tertiary/aromatic N) is 2. The largest absolute Gasteiger partial charge is 0.462 e. The molecule has 1 aromatic rings. The van der Waals surface area contributed by atoms with Crippen molar-refractivity contribution in [1.29, 1.82) is 0 Å². The summed E-state index contributed by atoms with van der Waals surface area (Å²) < 4.78 is 47.5. The third kappa shape index (κ3) is 7.95. The number of esters is 2. The summed E-state index contributed by atoms with van der Waals surface area (Å²) >= 11 is 0. The van der Waals surface area contributed by atoms with Crippen LogP contribution in [0.1, 0.15) is 73.5 Å². The van der Waals surface area contributed by atoms with Gasteiger partial charge in [-0.1, -0.05) is 54.4 Å². The van der Waals surface area contributed by atoms with E-state index in [2.05, 4.69) is 24.1 Å². The Bertz CT molecular complexity index is 981. The Morgan fingerprint density at radius 2 is 1.82 bits per heavy atom. The molecular formula is C26H42F2N4O6. The third-order valence-electron chi connectivity index (χ3n) is 6.49. The van der Waals surface area contributed by atoms with E-state index < -0.39 is 60.6 Å². The maximum Gasteiger partial charge on any atom is 0.351 e. The Hall–Kier alpha value is -2.60. The van der Waals surface area contributed by atoms with E-state index in [1.54, 1.807) is 13.8 Å². The molecule has 1 fully saturated rings. The molecule has 1 aromatic heterocycles. The molecule has 0 radical (unpaired) electrons. The molecule has 216 valence electrons. The number of carbonyl (C=O) groups excluding carboxylic acids is 2. The van der Waals surface area contributed by atoms with Gasteiger partial charge in [-0.15, -0.1) is 0 Å². The summed E-state index contributed by atoms with van der Waals surface area (Å²) in [6, 6.07) is 0.449. The van der Waals surface area contributed by atoms with Gasteiger partial charge in [0.05, 0.1) is 5.92 Å². The number of ether oxygens (including phenoxy) is 3. The SMILES string of the molecule is CCCC(CCC)CNc1ccn([C@@H]2O[C@H](COC(=O)[C@@H](N)C(C)C)[C@@H](OC(=O)C(C)C)C2(F)F)c(=O)n1. The number of nitrogens with two attached hydrogens (primary N) is 1. The van der Waals surface area contributed by atoms with E-state index in [1.165, 1.54) is 19.9 Å². The summed E-state index contributed by atoms with van der Waals surface area (Å²) in [5.41, 5.74) is 4.81. The van der Waals surface area contributed by atoms with Crippen LogP contribution >= 0.6 is 0 Å². The standard InChI is InChI=1S/C26H42F2N4O6/c1-7-9-17(10-8-2)13-30-19-11-12-32(25(35)31-19)24-26(27,28)21(38-22(33)16(5)6)18(37-24)14-36-23(34)20(29)15(3)4/h11-12,15-18,20-21,24H,7-10,13-14,29H2,1-6H3,(H,30,31,35)/t18-,20+,21-,24-/m1/s1. The summed E-state index contributed by atoms with van der Waals surface area (Å²) in [6.07, 6.45) is -0.509. The van der Waals surface area contributed by atoms with Crippen LogP contribution in [0, 0.1) is 17.8 Å². The lowest BCUT2D eigenvalue weighted by atomic mass is 9.98. The van der Waals surface area contributed by atoms with Gasteiger partial charge in [-0.05, 0) is 30.7 Å². The minimum absolute atomic E-state index is 0.244. The van der Waals surface area contributed by atoms with Gasteiger partial charge in [0, 0.05) is 12.7 Å². The second kappa shape index (κ2) is 14.0. The van der Waals surface area contributed by atoms with Crippen LogP contribution in [0.3, 0.4) is 0 Å². The number of anilines is 1. The lowest BCUT2D eigenvalue weighted by Crippen LogP contribution is -2.46. The third-order valence-corrected chi connectivity index (χ3v) is 6.49. The number of halogens is 2. The van der Waals surface area contributed by atoms with E-state index in [1.807, 2.05) is 0 Å². The first kappa shape index (κ1) is 31.6. The fourth-order valence-electron chi connectivity index (χ4n) is 4.15. The molecule has 0 saturated carbocycles. The van der Waals surface area contributed by atoms with Gasteiger partial charge in [-0.3, -0.25) is 14.2 Å². The smallest absolute Gasteiger partial charge is 0.351 e. The predicted octanol–water partition coefficient (Wildman–Crippen LogP) is 3.50. The van der Waals surface area contributed by atoms with E-state index >= 15 is 8.78 Å². The Labute approximate surface area is 222 Å². The van der Waals surface area contributed by atoms with Crippen molar-refractivity contribution in [1.82, 2.24) is 9.55 Å². The maximum absolute atomic E-state index is 15.6. The van der Waals surface area contributed by atoms with E-state index in [9.17, 15) is 14.4 Å². The molecule has 1 aliphatic heterocycles. The monoisotopic (exact) mass is 544 g/mol. The number of rotatable bonds is 14. The normalized spacial score (nSPS) is 21.6. The zero-order valence-corrected chi connectivity index (χ0v) is 23.1. The molecule has 0 unspecified atom stereocenters. The number of hydrogen-bond donors (Lipinski definition) is 2. The molecule has 0 amide bonds. The molecule has 2 rings (SSSR count). The second-order valence-electron chi connectivity index (χ2n) is 10.4. The average Bonchev–Trinajstić information content (AvgIpc) is 3.09. The summed E-state index contributed by atoms with van der Waals surface area (Å²) in [5.74, 6) is -5.78. The molecule has 3 N–H and O–H groups in total. The second-order valence-corrected chi connectivity index (χ2v) is 10.4. The molecule has 4 atom stereocenters. The van der Waals surface area contributed by atoms with Crippen molar-refractivity contribution < 1.29 is 32.6 Å². The number of nitrogens with one attached hydrogen (secondary N) is 1.